The van der Waals surface area contributed by atoms with E-state index in [1.54, 1.807) is 0 Å². The van der Waals surface area contributed by atoms with Crippen LogP contribution in [0.1, 0.15) is 0 Å². The van der Waals surface area contributed by atoms with E-state index in [1.807, 2.05) is 0 Å². The van der Waals surface area contributed by atoms with Crippen molar-refractivity contribution in [3.05, 3.63) is 273 Å². The second-order valence-corrected chi connectivity index (χ2v) is 20.0. The van der Waals surface area contributed by atoms with Gasteiger partial charge in [0.2, 0.25) is 0 Å². The highest BCUT2D eigenvalue weighted by molar-refractivity contribution is 6.16. The van der Waals surface area contributed by atoms with E-state index >= 15 is 0 Å². The Morgan fingerprint density at radius 3 is 1.18 bits per heavy atom. The van der Waals surface area contributed by atoms with Gasteiger partial charge in [-0.2, -0.15) is 0 Å². The molecule has 76 heavy (non-hydrogen) atoms. The smallest absolute Gasteiger partial charge is 0.136 e. The SMILES string of the molecule is c1ccc(-n2c3ccccc3c3cc(-c4cccc(-c5cccc6oc7ccc(-c8ccc9c(c8)c8cc(-c%10ccc%11c%12ccccc%12n(-c%12ccccc%12)c%11c%10)ccc8n9-c8ccccc8)cc7c56)c4)ccc32)cc1. The fourth-order valence-electron chi connectivity index (χ4n) is 12.4. The van der Waals surface area contributed by atoms with Crippen molar-refractivity contribution in [3.8, 4) is 61.6 Å². The van der Waals surface area contributed by atoms with Gasteiger partial charge >= 0.3 is 0 Å². The molecule has 0 saturated heterocycles. The van der Waals surface area contributed by atoms with Gasteiger partial charge in [-0.1, -0.05) is 158 Å². The second kappa shape index (κ2) is 16.7. The number of hydrogen-bond acceptors (Lipinski definition) is 1. The summed E-state index contributed by atoms with van der Waals surface area (Å²) in [4.78, 5) is 0. The summed E-state index contributed by atoms with van der Waals surface area (Å²) in [6.45, 7) is 0. The summed E-state index contributed by atoms with van der Waals surface area (Å²) in [6, 6.07) is 99.4. The van der Waals surface area contributed by atoms with Crippen LogP contribution in [0.2, 0.25) is 0 Å². The van der Waals surface area contributed by atoms with Crippen LogP contribution in [0.15, 0.2) is 277 Å². The average molecular weight is 968 g/mol. The lowest BCUT2D eigenvalue weighted by Crippen LogP contribution is -1.93. The molecular formula is C72H45N3O. The summed E-state index contributed by atoms with van der Waals surface area (Å²) in [5.41, 5.74) is 21.6. The van der Waals surface area contributed by atoms with Crippen molar-refractivity contribution in [2.45, 2.75) is 0 Å². The Kier molecular flexibility index (Phi) is 9.30. The summed E-state index contributed by atoms with van der Waals surface area (Å²) in [6.07, 6.45) is 0. The standard InChI is InChI=1S/C72H45N3O/c1-4-18-53(19-5-1)73-65-28-13-11-25-58(65)60-41-47(31-36-66(60)73)46-16-14-17-52(40-46)56-26-15-29-71-72(56)63-44-50(34-39-70(63)76-71)48-32-37-67-61(42-48)62-43-49(33-38-68(62)74(67)54-20-6-2-7-21-54)51-30-35-59-57-24-10-12-27-64(57)75(69(59)45-51)55-22-8-3-9-23-55/h1-45H. The quantitative estimate of drug-likeness (QED) is 0.156. The lowest BCUT2D eigenvalue weighted by Gasteiger charge is -2.10. The van der Waals surface area contributed by atoms with Crippen LogP contribution >= 0.6 is 0 Å². The molecule has 16 rings (SSSR count). The van der Waals surface area contributed by atoms with E-state index in [-0.39, 0.29) is 0 Å². The minimum atomic E-state index is 0.872. The number of hydrogen-bond donors (Lipinski definition) is 0. The van der Waals surface area contributed by atoms with Gasteiger partial charge in [0.1, 0.15) is 11.2 Å². The fourth-order valence-corrected chi connectivity index (χ4v) is 12.4. The van der Waals surface area contributed by atoms with E-state index in [9.17, 15) is 0 Å². The largest absolute Gasteiger partial charge is 0.456 e. The molecule has 16 aromatic rings. The topological polar surface area (TPSA) is 27.9 Å². The van der Waals surface area contributed by atoms with Gasteiger partial charge in [0, 0.05) is 60.2 Å². The minimum Gasteiger partial charge on any atom is -0.456 e. The van der Waals surface area contributed by atoms with Gasteiger partial charge in [0.25, 0.3) is 0 Å². The van der Waals surface area contributed by atoms with Crippen LogP contribution < -0.4 is 0 Å². The predicted molar refractivity (Wildman–Crippen MR) is 318 cm³/mol. The van der Waals surface area contributed by atoms with Crippen molar-refractivity contribution < 1.29 is 4.42 Å². The normalized spacial score (nSPS) is 11.9. The van der Waals surface area contributed by atoms with Crippen LogP contribution in [0.25, 0.3) is 149 Å². The molecule has 0 saturated carbocycles. The minimum absolute atomic E-state index is 0.872. The molecule has 4 aromatic heterocycles. The Morgan fingerprint density at radius 1 is 0.211 bits per heavy atom. The Labute approximate surface area is 437 Å². The molecule has 0 aliphatic rings. The molecule has 0 aliphatic carbocycles. The van der Waals surface area contributed by atoms with Crippen molar-refractivity contribution >= 4 is 87.4 Å². The molecule has 0 amide bonds. The molecule has 12 aromatic carbocycles. The van der Waals surface area contributed by atoms with E-state index in [4.69, 9.17) is 4.42 Å². The highest BCUT2D eigenvalue weighted by Crippen LogP contribution is 2.43. The maximum Gasteiger partial charge on any atom is 0.136 e. The number of fused-ring (bicyclic) bond motifs is 12. The van der Waals surface area contributed by atoms with Gasteiger partial charge in [-0.15, -0.1) is 0 Å². The average Bonchev–Trinajstić information content (AvgIpc) is 4.23. The Bertz CT molecular complexity index is 4980. The van der Waals surface area contributed by atoms with E-state index < -0.39 is 0 Å². The molecule has 4 nitrogen and oxygen atoms in total. The van der Waals surface area contributed by atoms with Crippen LogP contribution in [0, 0.1) is 0 Å². The highest BCUT2D eigenvalue weighted by atomic mass is 16.3. The first-order valence-electron chi connectivity index (χ1n) is 26.1. The molecule has 4 heterocycles. The van der Waals surface area contributed by atoms with Gasteiger partial charge in [-0.3, -0.25) is 0 Å². The maximum absolute atomic E-state index is 6.65. The second-order valence-electron chi connectivity index (χ2n) is 20.0. The number of aromatic nitrogens is 3. The number of para-hydroxylation sites is 5. The van der Waals surface area contributed by atoms with Gasteiger partial charge in [-0.25, -0.2) is 0 Å². The van der Waals surface area contributed by atoms with Gasteiger partial charge in [0.05, 0.1) is 33.1 Å². The molecule has 0 N–H and O–H groups in total. The molecule has 0 aliphatic heterocycles. The maximum atomic E-state index is 6.65. The molecule has 0 radical (unpaired) electrons. The number of rotatable bonds is 7. The van der Waals surface area contributed by atoms with Crippen LogP contribution in [0.4, 0.5) is 0 Å². The summed E-state index contributed by atoms with van der Waals surface area (Å²) >= 11 is 0. The monoisotopic (exact) mass is 967 g/mol. The lowest BCUT2D eigenvalue weighted by molar-refractivity contribution is 0.669. The van der Waals surface area contributed by atoms with Gasteiger partial charge in [0.15, 0.2) is 0 Å². The Morgan fingerprint density at radius 2 is 0.605 bits per heavy atom. The first-order valence-corrected chi connectivity index (χ1v) is 26.1. The van der Waals surface area contributed by atoms with Crippen molar-refractivity contribution in [3.63, 3.8) is 0 Å². The molecular weight excluding hydrogens is 923 g/mol. The number of nitrogens with zero attached hydrogens (tertiary/aromatic N) is 3. The van der Waals surface area contributed by atoms with E-state index in [0.29, 0.717) is 0 Å². The van der Waals surface area contributed by atoms with Gasteiger partial charge < -0.3 is 18.1 Å². The summed E-state index contributed by atoms with van der Waals surface area (Å²) in [7, 11) is 0. The number of benzene rings is 12. The molecule has 354 valence electrons. The van der Waals surface area contributed by atoms with Crippen molar-refractivity contribution in [1.29, 1.82) is 0 Å². The fraction of sp³-hybridized carbons (Fsp3) is 0. The van der Waals surface area contributed by atoms with Crippen molar-refractivity contribution in [1.82, 2.24) is 13.7 Å². The molecule has 4 heteroatoms. The predicted octanol–water partition coefficient (Wildman–Crippen LogP) is 19.5. The zero-order valence-electron chi connectivity index (χ0n) is 41.2. The van der Waals surface area contributed by atoms with Crippen LogP contribution in [0.5, 0.6) is 0 Å². The third-order valence-electron chi connectivity index (χ3n) is 15.8. The Hall–Kier alpha value is -10.2. The summed E-state index contributed by atoms with van der Waals surface area (Å²) in [5.74, 6) is 0. The molecule has 0 unspecified atom stereocenters. The summed E-state index contributed by atoms with van der Waals surface area (Å²) < 4.78 is 13.8. The van der Waals surface area contributed by atoms with Crippen LogP contribution in [-0.4, -0.2) is 13.7 Å². The first-order chi connectivity index (χ1) is 37.7. The van der Waals surface area contributed by atoms with Crippen LogP contribution in [0.3, 0.4) is 0 Å². The first kappa shape index (κ1) is 42.4. The molecule has 0 fully saturated rings. The molecule has 0 atom stereocenters. The molecule has 0 bridgehead atoms. The van der Waals surface area contributed by atoms with E-state index in [0.717, 1.165) is 61.3 Å². The molecule has 0 spiro atoms. The van der Waals surface area contributed by atoms with Crippen LogP contribution in [-0.2, 0) is 0 Å². The number of furan rings is 1. The lowest BCUT2D eigenvalue weighted by atomic mass is 9.94. The summed E-state index contributed by atoms with van der Waals surface area (Å²) in [5, 5.41) is 9.61. The third kappa shape index (κ3) is 6.51. The highest BCUT2D eigenvalue weighted by Gasteiger charge is 2.20. The Balaban J connectivity index is 0.819. The van der Waals surface area contributed by atoms with E-state index in [1.165, 1.54) is 87.7 Å². The zero-order chi connectivity index (χ0) is 49.8. The van der Waals surface area contributed by atoms with Gasteiger partial charge in [-0.05, 0) is 160 Å². The zero-order valence-corrected chi connectivity index (χ0v) is 41.2. The van der Waals surface area contributed by atoms with Crippen molar-refractivity contribution in [2.75, 3.05) is 0 Å². The third-order valence-corrected chi connectivity index (χ3v) is 15.8. The van der Waals surface area contributed by atoms with E-state index in [2.05, 4.69) is 287 Å². The van der Waals surface area contributed by atoms with Crippen molar-refractivity contribution in [2.24, 2.45) is 0 Å².